The predicted octanol–water partition coefficient (Wildman–Crippen LogP) is 1.17. The third kappa shape index (κ3) is 3.47. The first-order chi connectivity index (χ1) is 10.2. The van der Waals surface area contributed by atoms with Crippen molar-refractivity contribution >= 4 is 22.0 Å². The van der Waals surface area contributed by atoms with Crippen LogP contribution in [-0.2, 0) is 19.6 Å². The molecule has 124 valence electrons. The van der Waals surface area contributed by atoms with Gasteiger partial charge in [-0.2, -0.15) is 4.31 Å². The largest absolute Gasteiger partial charge is 0.480 e. The Morgan fingerprint density at radius 1 is 1.27 bits per heavy atom. The number of esters is 1. The first-order valence-electron chi connectivity index (χ1n) is 6.57. The molecular weight excluding hydrogens is 314 g/mol. The number of carboxylic acids is 1. The summed E-state index contributed by atoms with van der Waals surface area (Å²) in [4.78, 5) is 22.4. The number of rotatable bonds is 7. The molecule has 9 heteroatoms. The minimum Gasteiger partial charge on any atom is -0.480 e. The zero-order valence-electron chi connectivity index (χ0n) is 12.9. The minimum absolute atomic E-state index is 0.0128. The van der Waals surface area contributed by atoms with E-state index in [1.807, 2.05) is 0 Å². The van der Waals surface area contributed by atoms with Crippen LogP contribution in [0.5, 0.6) is 0 Å². The summed E-state index contributed by atoms with van der Waals surface area (Å²) in [5.74, 6) is -2.01. The molecule has 0 unspecified atom stereocenters. The lowest BCUT2D eigenvalue weighted by molar-refractivity contribution is -0.137. The first-order valence-corrected chi connectivity index (χ1v) is 8.01. The van der Waals surface area contributed by atoms with Crippen LogP contribution < -0.4 is 0 Å². The Labute approximate surface area is 128 Å². The molecule has 0 saturated heterocycles. The molecule has 1 heterocycles. The normalized spacial score (nSPS) is 11.7. The molecule has 0 fully saturated rings. The number of carboxylic acid groups (broad SMARTS) is 1. The van der Waals surface area contributed by atoms with E-state index in [2.05, 4.69) is 4.74 Å². The number of ether oxygens (including phenoxy) is 1. The summed E-state index contributed by atoms with van der Waals surface area (Å²) in [5, 5.41) is 8.90. The van der Waals surface area contributed by atoms with E-state index in [1.165, 1.54) is 13.8 Å². The monoisotopic (exact) mass is 333 g/mol. The first kappa shape index (κ1) is 18.2. The van der Waals surface area contributed by atoms with Gasteiger partial charge in [0.1, 0.15) is 28.5 Å². The molecule has 1 aromatic rings. The van der Waals surface area contributed by atoms with Gasteiger partial charge >= 0.3 is 11.9 Å². The summed E-state index contributed by atoms with van der Waals surface area (Å²) in [7, 11) is -3.07. The second-order valence-electron chi connectivity index (χ2n) is 4.64. The van der Waals surface area contributed by atoms with Crippen molar-refractivity contribution in [1.29, 1.82) is 0 Å². The summed E-state index contributed by atoms with van der Waals surface area (Å²) >= 11 is 0. The van der Waals surface area contributed by atoms with E-state index in [0.29, 0.717) is 6.42 Å². The zero-order valence-corrected chi connectivity index (χ0v) is 13.7. The van der Waals surface area contributed by atoms with Gasteiger partial charge in [0.25, 0.3) is 0 Å². The zero-order chi connectivity index (χ0) is 17.1. The smallest absolute Gasteiger partial charge is 0.342 e. The van der Waals surface area contributed by atoms with Crippen LogP contribution in [0.2, 0.25) is 0 Å². The highest BCUT2D eigenvalue weighted by molar-refractivity contribution is 7.89. The van der Waals surface area contributed by atoms with E-state index in [-0.39, 0.29) is 28.5 Å². The average molecular weight is 333 g/mol. The van der Waals surface area contributed by atoms with Crippen molar-refractivity contribution in [3.05, 3.63) is 17.1 Å². The summed E-state index contributed by atoms with van der Waals surface area (Å²) in [6, 6.07) is 0. The fourth-order valence-electron chi connectivity index (χ4n) is 2.13. The van der Waals surface area contributed by atoms with Crippen molar-refractivity contribution < 1.29 is 32.3 Å². The Kier molecular flexibility index (Phi) is 5.72. The van der Waals surface area contributed by atoms with E-state index >= 15 is 0 Å². The number of methoxy groups -OCH3 is 1. The van der Waals surface area contributed by atoms with E-state index < -0.39 is 28.5 Å². The van der Waals surface area contributed by atoms with Crippen molar-refractivity contribution in [2.24, 2.45) is 0 Å². The average Bonchev–Trinajstić information content (AvgIpc) is 2.72. The number of furan rings is 1. The van der Waals surface area contributed by atoms with Gasteiger partial charge in [-0.1, -0.05) is 6.92 Å². The van der Waals surface area contributed by atoms with Gasteiger partial charge in [0, 0.05) is 6.54 Å². The van der Waals surface area contributed by atoms with Gasteiger partial charge in [0.05, 0.1) is 7.11 Å². The van der Waals surface area contributed by atoms with Crippen LogP contribution in [0, 0.1) is 13.8 Å². The lowest BCUT2D eigenvalue weighted by atomic mass is 10.2. The summed E-state index contributed by atoms with van der Waals surface area (Å²) < 4.78 is 36.1. The molecule has 0 saturated carbocycles. The number of carbonyl (C=O) groups is 2. The van der Waals surface area contributed by atoms with Crippen molar-refractivity contribution in [1.82, 2.24) is 4.31 Å². The molecule has 0 spiro atoms. The number of nitrogens with zero attached hydrogens (tertiary/aromatic N) is 1. The van der Waals surface area contributed by atoms with Gasteiger partial charge < -0.3 is 14.3 Å². The van der Waals surface area contributed by atoms with Crippen molar-refractivity contribution in [2.75, 3.05) is 20.2 Å². The Morgan fingerprint density at radius 2 is 1.86 bits per heavy atom. The molecule has 0 atom stereocenters. The molecule has 0 aliphatic heterocycles. The molecule has 8 nitrogen and oxygen atoms in total. The second kappa shape index (κ2) is 6.93. The molecule has 1 aromatic heterocycles. The van der Waals surface area contributed by atoms with Crippen LogP contribution in [0.15, 0.2) is 9.31 Å². The van der Waals surface area contributed by atoms with Gasteiger partial charge in [-0.25, -0.2) is 13.2 Å². The van der Waals surface area contributed by atoms with Crippen LogP contribution in [0.25, 0.3) is 0 Å². The molecule has 0 amide bonds. The van der Waals surface area contributed by atoms with Gasteiger partial charge in [0.2, 0.25) is 10.0 Å². The summed E-state index contributed by atoms with van der Waals surface area (Å²) in [6.45, 7) is 3.88. The van der Waals surface area contributed by atoms with Crippen LogP contribution in [0.1, 0.15) is 35.2 Å². The number of sulfonamides is 1. The topological polar surface area (TPSA) is 114 Å². The van der Waals surface area contributed by atoms with Crippen LogP contribution in [0.3, 0.4) is 0 Å². The number of hydrogen-bond donors (Lipinski definition) is 1. The maximum absolute atomic E-state index is 12.7. The Bertz CT molecular complexity index is 675. The van der Waals surface area contributed by atoms with Crippen LogP contribution in [-0.4, -0.2) is 50.0 Å². The molecule has 22 heavy (non-hydrogen) atoms. The lowest BCUT2D eigenvalue weighted by Crippen LogP contribution is -2.37. The number of aliphatic carboxylic acids is 1. The lowest BCUT2D eigenvalue weighted by Gasteiger charge is -2.19. The predicted molar refractivity (Wildman–Crippen MR) is 76.2 cm³/mol. The molecule has 1 rings (SSSR count). The minimum atomic E-state index is -4.20. The van der Waals surface area contributed by atoms with Gasteiger partial charge in [-0.05, 0) is 20.3 Å². The molecule has 0 bridgehead atoms. The second-order valence-corrected chi connectivity index (χ2v) is 6.52. The number of hydrogen-bond acceptors (Lipinski definition) is 6. The SMILES string of the molecule is CCCN(CC(=O)O)S(=O)(=O)c1c(C)oc(C)c1C(=O)OC. The van der Waals surface area contributed by atoms with Crippen molar-refractivity contribution in [3.8, 4) is 0 Å². The highest BCUT2D eigenvalue weighted by Gasteiger charge is 2.36. The molecule has 0 radical (unpaired) electrons. The highest BCUT2D eigenvalue weighted by atomic mass is 32.2. The maximum atomic E-state index is 12.7. The quantitative estimate of drug-likeness (QED) is 0.745. The van der Waals surface area contributed by atoms with Crippen molar-refractivity contribution in [3.63, 3.8) is 0 Å². The van der Waals surface area contributed by atoms with Gasteiger partial charge in [-0.15, -0.1) is 0 Å². The molecule has 0 aliphatic carbocycles. The van der Waals surface area contributed by atoms with E-state index in [1.54, 1.807) is 6.92 Å². The molecular formula is C13H19NO7S. The summed E-state index contributed by atoms with van der Waals surface area (Å²) in [6.07, 6.45) is 0.427. The molecule has 1 N–H and O–H groups in total. The third-order valence-electron chi connectivity index (χ3n) is 2.98. The van der Waals surface area contributed by atoms with E-state index in [0.717, 1.165) is 11.4 Å². The van der Waals surface area contributed by atoms with E-state index in [4.69, 9.17) is 9.52 Å². The van der Waals surface area contributed by atoms with Gasteiger partial charge in [-0.3, -0.25) is 4.79 Å². The van der Waals surface area contributed by atoms with Crippen LogP contribution in [0.4, 0.5) is 0 Å². The van der Waals surface area contributed by atoms with E-state index in [9.17, 15) is 18.0 Å². The molecule has 0 aliphatic rings. The fourth-order valence-corrected chi connectivity index (χ4v) is 3.98. The highest BCUT2D eigenvalue weighted by Crippen LogP contribution is 2.29. The Balaban J connectivity index is 3.50. The number of carbonyl (C=O) groups excluding carboxylic acids is 1. The van der Waals surface area contributed by atoms with Crippen molar-refractivity contribution in [2.45, 2.75) is 32.1 Å². The van der Waals surface area contributed by atoms with Gasteiger partial charge in [0.15, 0.2) is 0 Å². The van der Waals surface area contributed by atoms with Crippen LogP contribution >= 0.6 is 0 Å². The Hall–Kier alpha value is -1.87. The standard InChI is InChI=1S/C13H19NO7S/c1-5-6-14(7-10(15)16)22(18,19)12-9(3)21-8(2)11(12)13(17)20-4/h5-7H2,1-4H3,(H,15,16). The Morgan fingerprint density at radius 3 is 2.32 bits per heavy atom. The number of aryl methyl sites for hydroxylation is 2. The third-order valence-corrected chi connectivity index (χ3v) is 4.98. The maximum Gasteiger partial charge on any atom is 0.342 e. The molecule has 0 aromatic carbocycles. The fraction of sp³-hybridized carbons (Fsp3) is 0.538. The summed E-state index contributed by atoms with van der Waals surface area (Å²) in [5.41, 5.74) is -0.202.